The summed E-state index contributed by atoms with van der Waals surface area (Å²) in [5.41, 5.74) is 7.04. The number of alkyl halides is 3. The molecular weight excluding hydrogens is 243 g/mol. The molecule has 1 aromatic heterocycles. The lowest BCUT2D eigenvalue weighted by molar-refractivity contribution is -0.141. The minimum Gasteiger partial charge on any atom is -0.399 e. The molecule has 1 heterocycles. The van der Waals surface area contributed by atoms with E-state index in [1.807, 2.05) is 6.07 Å². The summed E-state index contributed by atoms with van der Waals surface area (Å²) in [6.45, 7) is -1.02. The van der Waals surface area contributed by atoms with Gasteiger partial charge in [0.1, 0.15) is 12.4 Å². The van der Waals surface area contributed by atoms with Gasteiger partial charge in [-0.1, -0.05) is 12.1 Å². The van der Waals surface area contributed by atoms with Crippen LogP contribution in [-0.2, 0) is 13.0 Å². The number of halogens is 3. The Morgan fingerprint density at radius 2 is 2.06 bits per heavy atom. The van der Waals surface area contributed by atoms with Gasteiger partial charge in [0, 0.05) is 24.5 Å². The van der Waals surface area contributed by atoms with Crippen LogP contribution in [0.1, 0.15) is 11.4 Å². The van der Waals surface area contributed by atoms with Crippen molar-refractivity contribution in [2.75, 3.05) is 5.73 Å². The zero-order valence-corrected chi connectivity index (χ0v) is 9.48. The molecule has 2 aromatic rings. The molecule has 2 rings (SSSR count). The van der Waals surface area contributed by atoms with Crippen LogP contribution in [-0.4, -0.2) is 15.7 Å². The predicted octanol–water partition coefficient (Wildman–Crippen LogP) is 2.62. The summed E-state index contributed by atoms with van der Waals surface area (Å²) in [6.07, 6.45) is -1.22. The summed E-state index contributed by atoms with van der Waals surface area (Å²) in [4.78, 5) is 3.95. The molecule has 0 aliphatic heterocycles. The van der Waals surface area contributed by atoms with Gasteiger partial charge in [-0.2, -0.15) is 13.2 Å². The van der Waals surface area contributed by atoms with E-state index in [-0.39, 0.29) is 0 Å². The van der Waals surface area contributed by atoms with E-state index in [4.69, 9.17) is 5.73 Å². The number of hydrogen-bond acceptors (Lipinski definition) is 2. The molecular formula is C12H12F3N3. The Morgan fingerprint density at radius 1 is 1.28 bits per heavy atom. The highest BCUT2D eigenvalue weighted by molar-refractivity contribution is 5.41. The van der Waals surface area contributed by atoms with Crippen LogP contribution >= 0.6 is 0 Å². The number of nitrogens with zero attached hydrogens (tertiary/aromatic N) is 2. The molecule has 0 atom stereocenters. The van der Waals surface area contributed by atoms with Crippen LogP contribution in [0, 0.1) is 0 Å². The van der Waals surface area contributed by atoms with E-state index in [0.717, 1.165) is 10.1 Å². The number of aromatic nitrogens is 2. The van der Waals surface area contributed by atoms with Crippen molar-refractivity contribution < 1.29 is 13.2 Å². The van der Waals surface area contributed by atoms with Crippen molar-refractivity contribution in [3.8, 4) is 0 Å². The van der Waals surface area contributed by atoms with Crippen LogP contribution in [0.2, 0.25) is 0 Å². The molecule has 0 bridgehead atoms. The molecule has 0 aliphatic rings. The molecule has 18 heavy (non-hydrogen) atoms. The van der Waals surface area contributed by atoms with E-state index < -0.39 is 12.7 Å². The first-order valence-electron chi connectivity index (χ1n) is 5.35. The summed E-state index contributed by atoms with van der Waals surface area (Å²) in [6, 6.07) is 7.03. The van der Waals surface area contributed by atoms with Crippen molar-refractivity contribution in [1.82, 2.24) is 9.55 Å². The molecule has 2 N–H and O–H groups in total. The maximum Gasteiger partial charge on any atom is 0.406 e. The van der Waals surface area contributed by atoms with Crippen LogP contribution in [0.3, 0.4) is 0 Å². The van der Waals surface area contributed by atoms with E-state index in [2.05, 4.69) is 4.98 Å². The second kappa shape index (κ2) is 4.72. The summed E-state index contributed by atoms with van der Waals surface area (Å²) in [7, 11) is 0. The smallest absolute Gasteiger partial charge is 0.399 e. The summed E-state index contributed by atoms with van der Waals surface area (Å²) >= 11 is 0. The minimum absolute atomic E-state index is 0.327. The Balaban J connectivity index is 2.17. The van der Waals surface area contributed by atoms with Gasteiger partial charge in [0.25, 0.3) is 0 Å². The molecule has 0 aliphatic carbocycles. The van der Waals surface area contributed by atoms with Gasteiger partial charge in [0.2, 0.25) is 0 Å². The van der Waals surface area contributed by atoms with E-state index in [9.17, 15) is 13.2 Å². The lowest BCUT2D eigenvalue weighted by Gasteiger charge is -2.10. The van der Waals surface area contributed by atoms with Gasteiger partial charge < -0.3 is 10.3 Å². The topological polar surface area (TPSA) is 43.8 Å². The van der Waals surface area contributed by atoms with Gasteiger partial charge >= 0.3 is 6.18 Å². The first kappa shape index (κ1) is 12.5. The maximum absolute atomic E-state index is 12.3. The van der Waals surface area contributed by atoms with Crippen LogP contribution in [0.5, 0.6) is 0 Å². The molecule has 0 radical (unpaired) electrons. The quantitative estimate of drug-likeness (QED) is 0.857. The summed E-state index contributed by atoms with van der Waals surface area (Å²) in [5.74, 6) is 0.373. The van der Waals surface area contributed by atoms with E-state index in [1.165, 1.54) is 12.4 Å². The zero-order valence-electron chi connectivity index (χ0n) is 9.48. The van der Waals surface area contributed by atoms with Crippen molar-refractivity contribution in [2.45, 2.75) is 19.1 Å². The second-order valence-corrected chi connectivity index (χ2v) is 4.01. The average Bonchev–Trinajstić information content (AvgIpc) is 2.63. The van der Waals surface area contributed by atoms with Crippen molar-refractivity contribution in [3.63, 3.8) is 0 Å². The van der Waals surface area contributed by atoms with Gasteiger partial charge in [0.05, 0.1) is 0 Å². The van der Waals surface area contributed by atoms with Gasteiger partial charge in [0.15, 0.2) is 0 Å². The Labute approximate surface area is 102 Å². The van der Waals surface area contributed by atoms with E-state index in [1.54, 1.807) is 18.2 Å². The first-order chi connectivity index (χ1) is 8.44. The number of rotatable bonds is 3. The van der Waals surface area contributed by atoms with Crippen LogP contribution < -0.4 is 5.73 Å². The normalized spacial score (nSPS) is 11.7. The van der Waals surface area contributed by atoms with E-state index in [0.29, 0.717) is 17.9 Å². The fourth-order valence-electron chi connectivity index (χ4n) is 1.73. The third-order valence-electron chi connectivity index (χ3n) is 2.46. The van der Waals surface area contributed by atoms with Crippen molar-refractivity contribution in [2.24, 2.45) is 0 Å². The summed E-state index contributed by atoms with van der Waals surface area (Å²) < 4.78 is 38.1. The molecule has 0 spiro atoms. The van der Waals surface area contributed by atoms with Crippen molar-refractivity contribution >= 4 is 5.69 Å². The number of nitrogen functional groups attached to an aromatic ring is 1. The Bertz CT molecular complexity index is 531. The fourth-order valence-corrected chi connectivity index (χ4v) is 1.73. The summed E-state index contributed by atoms with van der Waals surface area (Å²) in [5, 5.41) is 0. The molecule has 1 aromatic carbocycles. The molecule has 6 heteroatoms. The molecule has 0 amide bonds. The number of hydrogen-bond donors (Lipinski definition) is 1. The zero-order chi connectivity index (χ0) is 13.2. The SMILES string of the molecule is Nc1cccc(Cc2nccn2CC(F)(F)F)c1. The maximum atomic E-state index is 12.3. The lowest BCUT2D eigenvalue weighted by atomic mass is 10.1. The second-order valence-electron chi connectivity index (χ2n) is 4.01. The van der Waals surface area contributed by atoms with Crippen LogP contribution in [0.15, 0.2) is 36.7 Å². The number of anilines is 1. The molecule has 0 fully saturated rings. The average molecular weight is 255 g/mol. The van der Waals surface area contributed by atoms with Gasteiger partial charge in [-0.3, -0.25) is 0 Å². The number of benzene rings is 1. The van der Waals surface area contributed by atoms with Crippen molar-refractivity contribution in [1.29, 1.82) is 0 Å². The Hall–Kier alpha value is -1.98. The minimum atomic E-state index is -4.24. The fraction of sp³-hybridized carbons (Fsp3) is 0.250. The number of imidazole rings is 1. The molecule has 0 unspecified atom stereocenters. The largest absolute Gasteiger partial charge is 0.406 e. The van der Waals surface area contributed by atoms with Gasteiger partial charge in [-0.15, -0.1) is 0 Å². The lowest BCUT2D eigenvalue weighted by Crippen LogP contribution is -2.19. The third-order valence-corrected chi connectivity index (χ3v) is 2.46. The van der Waals surface area contributed by atoms with Gasteiger partial charge in [-0.25, -0.2) is 4.98 Å². The van der Waals surface area contributed by atoms with Crippen LogP contribution in [0.25, 0.3) is 0 Å². The standard InChI is InChI=1S/C12H12F3N3/c13-12(14,15)8-18-5-4-17-11(18)7-9-2-1-3-10(16)6-9/h1-6H,7-8,16H2. The monoisotopic (exact) mass is 255 g/mol. The van der Waals surface area contributed by atoms with E-state index >= 15 is 0 Å². The predicted molar refractivity (Wildman–Crippen MR) is 61.9 cm³/mol. The first-order valence-corrected chi connectivity index (χ1v) is 5.35. The van der Waals surface area contributed by atoms with Crippen LogP contribution in [0.4, 0.5) is 18.9 Å². The van der Waals surface area contributed by atoms with Crippen molar-refractivity contribution in [3.05, 3.63) is 48.0 Å². The third kappa shape index (κ3) is 3.26. The number of nitrogens with two attached hydrogens (primary N) is 1. The Kier molecular flexibility index (Phi) is 3.27. The highest BCUT2D eigenvalue weighted by Crippen LogP contribution is 2.19. The molecule has 96 valence electrons. The highest BCUT2D eigenvalue weighted by Gasteiger charge is 2.28. The molecule has 0 saturated heterocycles. The Morgan fingerprint density at radius 3 is 2.72 bits per heavy atom. The highest BCUT2D eigenvalue weighted by atomic mass is 19.4. The van der Waals surface area contributed by atoms with Gasteiger partial charge in [-0.05, 0) is 17.7 Å². The molecule has 3 nitrogen and oxygen atoms in total. The molecule has 0 saturated carbocycles.